The third kappa shape index (κ3) is 3.07. The van der Waals surface area contributed by atoms with E-state index in [2.05, 4.69) is 24.5 Å². The van der Waals surface area contributed by atoms with Crippen LogP contribution in [-0.2, 0) is 26.2 Å². The number of hydrogen-bond donors (Lipinski definition) is 0. The molecule has 0 amide bonds. The van der Waals surface area contributed by atoms with Gasteiger partial charge in [-0.05, 0) is 23.5 Å². The molecule has 2 rings (SSSR count). The molecule has 12 heavy (non-hydrogen) atoms. The summed E-state index contributed by atoms with van der Waals surface area (Å²) in [4.78, 5) is 0. The maximum atomic E-state index is 2.27. The van der Waals surface area contributed by atoms with E-state index in [0.717, 1.165) is 0 Å². The second-order valence-electron chi connectivity index (χ2n) is 2.44. The average molecular weight is 298 g/mol. The minimum atomic E-state index is 0. The van der Waals surface area contributed by atoms with Crippen molar-refractivity contribution in [3.05, 3.63) is 34.3 Å². The summed E-state index contributed by atoms with van der Waals surface area (Å²) in [6.45, 7) is 2.15. The van der Waals surface area contributed by atoms with E-state index in [4.69, 9.17) is 0 Å². The summed E-state index contributed by atoms with van der Waals surface area (Å²) in [5.74, 6) is 1.18. The van der Waals surface area contributed by atoms with Crippen molar-refractivity contribution < 1.29 is 51.0 Å². The Morgan fingerprint density at radius 2 is 1.92 bits per heavy atom. The van der Waals surface area contributed by atoms with Crippen molar-refractivity contribution in [2.45, 2.75) is 6.92 Å². The molecule has 0 saturated heterocycles. The standard InChI is InChI=1S/C8H8S.2ClH.Zr/c1-6-2-7-4-9-5-8(7)3-6;;;/h2-4H,5H2,1H3;2*1H;/q;;;+2/p-2. The van der Waals surface area contributed by atoms with Crippen molar-refractivity contribution in [1.82, 2.24) is 0 Å². The van der Waals surface area contributed by atoms with Crippen LogP contribution in [0.25, 0.3) is 0 Å². The Hall–Kier alpha value is 1.03. The fourth-order valence-corrected chi connectivity index (χ4v) is 2.11. The Bertz CT molecular complexity index is 243. The van der Waals surface area contributed by atoms with Crippen LogP contribution in [0.5, 0.6) is 0 Å². The molecule has 0 aromatic heterocycles. The second kappa shape index (κ2) is 6.48. The van der Waals surface area contributed by atoms with E-state index in [0.29, 0.717) is 0 Å². The molecule has 1 heterocycles. The quantitative estimate of drug-likeness (QED) is 0.447. The average Bonchev–Trinajstić information content (AvgIpc) is 2.22. The first kappa shape index (κ1) is 15.5. The van der Waals surface area contributed by atoms with Crippen molar-refractivity contribution in [2.75, 3.05) is 5.75 Å². The molecule has 1 aliphatic carbocycles. The van der Waals surface area contributed by atoms with Gasteiger partial charge in [0.2, 0.25) is 0 Å². The van der Waals surface area contributed by atoms with E-state index in [9.17, 15) is 0 Å². The molecular formula is C8H8Cl2SZr. The van der Waals surface area contributed by atoms with E-state index in [-0.39, 0.29) is 51.0 Å². The molecule has 0 atom stereocenters. The van der Waals surface area contributed by atoms with Gasteiger partial charge in [0.15, 0.2) is 0 Å². The third-order valence-electron chi connectivity index (χ3n) is 1.61. The van der Waals surface area contributed by atoms with Crippen LogP contribution in [0.2, 0.25) is 0 Å². The number of halogens is 2. The molecule has 0 saturated carbocycles. The van der Waals surface area contributed by atoms with Crippen molar-refractivity contribution in [3.8, 4) is 0 Å². The minimum Gasteiger partial charge on any atom is -1.00 e. The maximum absolute atomic E-state index is 2.27. The fourth-order valence-electron chi connectivity index (χ4n) is 1.19. The predicted molar refractivity (Wildman–Crippen MR) is 42.4 cm³/mol. The molecule has 0 unspecified atom stereocenters. The van der Waals surface area contributed by atoms with E-state index in [1.54, 1.807) is 0 Å². The topological polar surface area (TPSA) is 0 Å². The second-order valence-corrected chi connectivity index (χ2v) is 3.30. The van der Waals surface area contributed by atoms with Gasteiger partial charge in [-0.1, -0.05) is 17.7 Å². The van der Waals surface area contributed by atoms with Gasteiger partial charge in [-0.25, -0.2) is 0 Å². The molecule has 2 aliphatic rings. The molecule has 64 valence electrons. The van der Waals surface area contributed by atoms with Crippen LogP contribution in [0.3, 0.4) is 0 Å². The smallest absolute Gasteiger partial charge is 1.00 e. The third-order valence-corrected chi connectivity index (χ3v) is 2.50. The van der Waals surface area contributed by atoms with Gasteiger partial charge in [-0.2, -0.15) is 0 Å². The molecular weight excluding hydrogens is 290 g/mol. The van der Waals surface area contributed by atoms with E-state index < -0.39 is 0 Å². The fraction of sp³-hybridized carbons (Fsp3) is 0.250. The number of fused-ring (bicyclic) bond motifs is 1. The van der Waals surface area contributed by atoms with Gasteiger partial charge >= 0.3 is 26.2 Å². The van der Waals surface area contributed by atoms with Gasteiger partial charge in [0, 0.05) is 5.75 Å². The maximum Gasteiger partial charge on any atom is 2.00 e. The molecule has 0 nitrogen and oxygen atoms in total. The van der Waals surface area contributed by atoms with Gasteiger partial charge in [0.1, 0.15) is 0 Å². The van der Waals surface area contributed by atoms with Crippen molar-refractivity contribution >= 4 is 11.8 Å². The van der Waals surface area contributed by atoms with Gasteiger partial charge in [-0.15, -0.1) is 11.8 Å². The summed E-state index contributed by atoms with van der Waals surface area (Å²) < 4.78 is 0. The van der Waals surface area contributed by atoms with Crippen molar-refractivity contribution in [1.29, 1.82) is 0 Å². The van der Waals surface area contributed by atoms with Crippen LogP contribution >= 0.6 is 11.8 Å². The summed E-state index contributed by atoms with van der Waals surface area (Å²) in [6, 6.07) is 0. The summed E-state index contributed by atoms with van der Waals surface area (Å²) in [5.41, 5.74) is 4.35. The first-order valence-electron chi connectivity index (χ1n) is 3.07. The van der Waals surface area contributed by atoms with E-state index in [1.807, 2.05) is 11.8 Å². The largest absolute Gasteiger partial charge is 2.00 e. The summed E-state index contributed by atoms with van der Waals surface area (Å²) >= 11 is 1.89. The Morgan fingerprint density at radius 3 is 2.50 bits per heavy atom. The molecule has 1 aliphatic heterocycles. The van der Waals surface area contributed by atoms with Crippen molar-refractivity contribution in [2.24, 2.45) is 0 Å². The Labute approximate surface area is 109 Å². The minimum absolute atomic E-state index is 0. The molecule has 4 heteroatoms. The zero-order valence-corrected chi connectivity index (χ0v) is 11.4. The molecule has 0 radical (unpaired) electrons. The normalized spacial score (nSPS) is 17.2. The number of thioether (sulfide) groups is 1. The van der Waals surface area contributed by atoms with Crippen LogP contribution in [0.15, 0.2) is 34.3 Å². The molecule has 0 aromatic rings. The van der Waals surface area contributed by atoms with Gasteiger partial charge in [0.05, 0.1) is 0 Å². The Balaban J connectivity index is 0. The summed E-state index contributed by atoms with van der Waals surface area (Å²) in [7, 11) is 0. The van der Waals surface area contributed by atoms with E-state index >= 15 is 0 Å². The van der Waals surface area contributed by atoms with E-state index in [1.165, 1.54) is 22.5 Å². The zero-order valence-electron chi connectivity index (χ0n) is 6.60. The van der Waals surface area contributed by atoms with Gasteiger partial charge in [-0.3, -0.25) is 0 Å². The summed E-state index contributed by atoms with van der Waals surface area (Å²) in [6.07, 6.45) is 4.52. The zero-order chi connectivity index (χ0) is 6.27. The summed E-state index contributed by atoms with van der Waals surface area (Å²) in [5, 5.41) is 2.24. The Kier molecular flexibility index (Phi) is 8.37. The first-order valence-corrected chi connectivity index (χ1v) is 4.12. The van der Waals surface area contributed by atoms with Gasteiger partial charge in [0.25, 0.3) is 0 Å². The number of allylic oxidation sites excluding steroid dienone is 4. The SMILES string of the molecule is CC1=CC2=CSCC2=C1.[Cl-].[Cl-].[Zr+2]. The van der Waals surface area contributed by atoms with Crippen LogP contribution < -0.4 is 24.8 Å². The molecule has 0 aromatic carbocycles. The van der Waals surface area contributed by atoms with Crippen LogP contribution in [-0.4, -0.2) is 5.75 Å². The number of hydrogen-bond acceptors (Lipinski definition) is 1. The van der Waals surface area contributed by atoms with Crippen LogP contribution in [0, 0.1) is 0 Å². The molecule has 0 N–H and O–H groups in total. The molecule has 0 spiro atoms. The number of rotatable bonds is 0. The Morgan fingerprint density at radius 1 is 1.25 bits per heavy atom. The monoisotopic (exact) mass is 296 g/mol. The molecule has 0 fully saturated rings. The van der Waals surface area contributed by atoms with Crippen molar-refractivity contribution in [3.63, 3.8) is 0 Å². The van der Waals surface area contributed by atoms with Crippen LogP contribution in [0.1, 0.15) is 6.92 Å². The predicted octanol–water partition coefficient (Wildman–Crippen LogP) is -3.49. The molecule has 0 bridgehead atoms. The van der Waals surface area contributed by atoms with Crippen LogP contribution in [0.4, 0.5) is 0 Å². The van der Waals surface area contributed by atoms with Gasteiger partial charge < -0.3 is 24.8 Å². The first-order chi connectivity index (χ1) is 4.36.